The van der Waals surface area contributed by atoms with Gasteiger partial charge < -0.3 is 33.2 Å². The first-order chi connectivity index (χ1) is 27.2. The van der Waals surface area contributed by atoms with Gasteiger partial charge in [-0.3, -0.25) is 0 Å². The standard InChI is InChI=1S/C48H34O7/c1-7-19-35(20-8-1)49-41-31-33-43(47(53-39-27-15-5-16-28-39)45(41)51-37-23-11-3-12-24-37)55-44-34-32-42(50-36-21-9-2-10-22-36)46(52-38-25-13-4-14-26-38)48(44)54-40-29-17-6-18-30-40/h1-34H. The Morgan fingerprint density at radius 2 is 0.345 bits per heavy atom. The number of hydrogen-bond acceptors (Lipinski definition) is 7. The van der Waals surface area contributed by atoms with Crippen LogP contribution in [0.2, 0.25) is 0 Å². The third-order valence-corrected chi connectivity index (χ3v) is 8.09. The molecule has 0 aromatic heterocycles. The largest absolute Gasteiger partial charge is 0.453 e. The fraction of sp³-hybridized carbons (Fsp3) is 0. The van der Waals surface area contributed by atoms with Crippen molar-refractivity contribution < 1.29 is 33.2 Å². The van der Waals surface area contributed by atoms with E-state index in [1.54, 1.807) is 24.3 Å². The van der Waals surface area contributed by atoms with Gasteiger partial charge in [-0.15, -0.1) is 0 Å². The highest BCUT2D eigenvalue weighted by molar-refractivity contribution is 5.66. The van der Waals surface area contributed by atoms with Crippen LogP contribution in [0.5, 0.6) is 80.5 Å². The summed E-state index contributed by atoms with van der Waals surface area (Å²) in [5.74, 6) is 6.09. The zero-order valence-electron chi connectivity index (χ0n) is 29.5. The van der Waals surface area contributed by atoms with E-state index in [1.165, 1.54) is 0 Å². The molecule has 0 N–H and O–H groups in total. The second-order valence-electron chi connectivity index (χ2n) is 12.0. The molecule has 8 aromatic rings. The van der Waals surface area contributed by atoms with Crippen molar-refractivity contribution in [3.05, 3.63) is 206 Å². The number of hydrogen-bond donors (Lipinski definition) is 0. The minimum Gasteiger partial charge on any atom is -0.453 e. The molecule has 0 radical (unpaired) electrons. The quantitative estimate of drug-likeness (QED) is 0.111. The molecule has 8 aromatic carbocycles. The summed E-state index contributed by atoms with van der Waals surface area (Å²) in [6, 6.07) is 63.7. The van der Waals surface area contributed by atoms with Crippen LogP contribution in [0.1, 0.15) is 0 Å². The van der Waals surface area contributed by atoms with Gasteiger partial charge in [0.2, 0.25) is 23.0 Å². The van der Waals surface area contributed by atoms with Crippen LogP contribution in [-0.4, -0.2) is 0 Å². The Morgan fingerprint density at radius 3 is 0.564 bits per heavy atom. The van der Waals surface area contributed by atoms with E-state index >= 15 is 0 Å². The van der Waals surface area contributed by atoms with Crippen LogP contribution in [-0.2, 0) is 0 Å². The van der Waals surface area contributed by atoms with Gasteiger partial charge in [-0.1, -0.05) is 109 Å². The highest BCUT2D eigenvalue weighted by Crippen LogP contribution is 2.54. The molecule has 0 fully saturated rings. The number of ether oxygens (including phenoxy) is 7. The predicted octanol–water partition coefficient (Wildman–Crippen LogP) is 14.2. The fourth-order valence-electron chi connectivity index (χ4n) is 5.54. The fourth-order valence-corrected chi connectivity index (χ4v) is 5.54. The van der Waals surface area contributed by atoms with Crippen molar-refractivity contribution in [2.45, 2.75) is 0 Å². The van der Waals surface area contributed by atoms with E-state index in [-0.39, 0.29) is 11.5 Å². The maximum Gasteiger partial charge on any atom is 0.216 e. The van der Waals surface area contributed by atoms with Crippen LogP contribution in [0.3, 0.4) is 0 Å². The van der Waals surface area contributed by atoms with Crippen LogP contribution in [0.4, 0.5) is 0 Å². The molecule has 268 valence electrons. The van der Waals surface area contributed by atoms with Gasteiger partial charge in [0.1, 0.15) is 34.5 Å². The summed E-state index contributed by atoms with van der Waals surface area (Å²) in [4.78, 5) is 0. The van der Waals surface area contributed by atoms with Crippen molar-refractivity contribution in [2.24, 2.45) is 0 Å². The average Bonchev–Trinajstić information content (AvgIpc) is 3.24. The van der Waals surface area contributed by atoms with Crippen molar-refractivity contribution in [2.75, 3.05) is 0 Å². The zero-order valence-corrected chi connectivity index (χ0v) is 29.5. The second-order valence-corrected chi connectivity index (χ2v) is 12.0. The van der Waals surface area contributed by atoms with E-state index < -0.39 is 0 Å². The molecule has 0 saturated carbocycles. The summed E-state index contributed by atoms with van der Waals surface area (Å²) in [5, 5.41) is 0. The lowest BCUT2D eigenvalue weighted by atomic mass is 10.2. The first-order valence-corrected chi connectivity index (χ1v) is 17.6. The van der Waals surface area contributed by atoms with E-state index in [0.717, 1.165) is 0 Å². The Kier molecular flexibility index (Phi) is 10.5. The van der Waals surface area contributed by atoms with E-state index in [1.807, 2.05) is 182 Å². The molecule has 0 atom stereocenters. The molecule has 0 bridgehead atoms. The predicted molar refractivity (Wildman–Crippen MR) is 212 cm³/mol. The van der Waals surface area contributed by atoms with Crippen molar-refractivity contribution >= 4 is 0 Å². The van der Waals surface area contributed by atoms with Crippen LogP contribution >= 0.6 is 0 Å². The summed E-state index contributed by atoms with van der Waals surface area (Å²) in [7, 11) is 0. The molecule has 0 saturated heterocycles. The second kappa shape index (κ2) is 16.8. The SMILES string of the molecule is c1ccc(Oc2ccc(Oc3ccc(Oc4ccccc4)c(Oc4ccccc4)c3Oc3ccccc3)c(Oc3ccccc3)c2Oc2ccccc2)cc1. The van der Waals surface area contributed by atoms with Gasteiger partial charge in [0.15, 0.2) is 23.0 Å². The molecule has 7 heteroatoms. The Labute approximate surface area is 319 Å². The third-order valence-electron chi connectivity index (χ3n) is 8.09. The van der Waals surface area contributed by atoms with Crippen molar-refractivity contribution in [3.63, 3.8) is 0 Å². The molecule has 7 nitrogen and oxygen atoms in total. The lowest BCUT2D eigenvalue weighted by molar-refractivity contribution is 0.349. The summed E-state index contributed by atoms with van der Waals surface area (Å²) in [6.07, 6.45) is 0. The molecule has 55 heavy (non-hydrogen) atoms. The Balaban J connectivity index is 1.30. The molecular weight excluding hydrogens is 689 g/mol. The van der Waals surface area contributed by atoms with Gasteiger partial charge in [0.25, 0.3) is 0 Å². The molecule has 0 aliphatic heterocycles. The van der Waals surface area contributed by atoms with Crippen LogP contribution < -0.4 is 33.2 Å². The van der Waals surface area contributed by atoms with Gasteiger partial charge >= 0.3 is 0 Å². The first-order valence-electron chi connectivity index (χ1n) is 17.6. The highest BCUT2D eigenvalue weighted by Gasteiger charge is 2.26. The molecule has 0 aliphatic rings. The molecule has 0 aliphatic carbocycles. The summed E-state index contributed by atoms with van der Waals surface area (Å²) < 4.78 is 46.0. The molecule has 0 spiro atoms. The van der Waals surface area contributed by atoms with Crippen LogP contribution in [0, 0.1) is 0 Å². The maximum atomic E-state index is 6.83. The van der Waals surface area contributed by atoms with Crippen LogP contribution in [0.25, 0.3) is 0 Å². The van der Waals surface area contributed by atoms with Gasteiger partial charge in [0.05, 0.1) is 0 Å². The lowest BCUT2D eigenvalue weighted by Gasteiger charge is -2.22. The summed E-state index contributed by atoms with van der Waals surface area (Å²) in [6.45, 7) is 0. The summed E-state index contributed by atoms with van der Waals surface area (Å²) in [5.41, 5.74) is 0. The lowest BCUT2D eigenvalue weighted by Crippen LogP contribution is -2.00. The minimum atomic E-state index is 0.268. The number of para-hydroxylation sites is 6. The zero-order chi connectivity index (χ0) is 37.1. The smallest absolute Gasteiger partial charge is 0.216 e. The van der Waals surface area contributed by atoms with Gasteiger partial charge in [-0.2, -0.15) is 0 Å². The van der Waals surface area contributed by atoms with E-state index in [4.69, 9.17) is 33.2 Å². The Morgan fingerprint density at radius 1 is 0.164 bits per heavy atom. The number of rotatable bonds is 14. The summed E-state index contributed by atoms with van der Waals surface area (Å²) >= 11 is 0. The first kappa shape index (κ1) is 34.4. The third kappa shape index (κ3) is 8.71. The van der Waals surface area contributed by atoms with Crippen molar-refractivity contribution in [3.8, 4) is 80.5 Å². The van der Waals surface area contributed by atoms with Crippen molar-refractivity contribution in [1.82, 2.24) is 0 Å². The van der Waals surface area contributed by atoms with E-state index in [9.17, 15) is 0 Å². The topological polar surface area (TPSA) is 64.6 Å². The molecule has 8 rings (SSSR count). The molecule has 0 heterocycles. The maximum absolute atomic E-state index is 6.83. The van der Waals surface area contributed by atoms with Gasteiger partial charge in [0, 0.05) is 0 Å². The number of benzene rings is 8. The van der Waals surface area contributed by atoms with E-state index in [2.05, 4.69) is 0 Å². The average molecular weight is 723 g/mol. The monoisotopic (exact) mass is 722 g/mol. The van der Waals surface area contributed by atoms with Crippen LogP contribution in [0.15, 0.2) is 206 Å². The Bertz CT molecular complexity index is 2250. The Hall–Kier alpha value is -7.64. The molecule has 0 unspecified atom stereocenters. The van der Waals surface area contributed by atoms with Crippen molar-refractivity contribution in [1.29, 1.82) is 0 Å². The van der Waals surface area contributed by atoms with Gasteiger partial charge in [-0.05, 0) is 97.1 Å². The minimum absolute atomic E-state index is 0.268. The van der Waals surface area contributed by atoms with E-state index in [0.29, 0.717) is 69.0 Å². The normalized spacial score (nSPS) is 10.5. The molecule has 0 amide bonds. The van der Waals surface area contributed by atoms with Gasteiger partial charge in [-0.25, -0.2) is 0 Å². The highest BCUT2D eigenvalue weighted by atomic mass is 16.6. The molecular formula is C48H34O7.